The molecule has 2 amide bonds. The Hall–Kier alpha value is -1.99. The minimum atomic E-state index is -0.367. The van der Waals surface area contributed by atoms with E-state index in [9.17, 15) is 14.0 Å². The fraction of sp³-hybridized carbons (Fsp3) is 0.619. The maximum Gasteiger partial charge on any atom is 0.241 e. The number of hydrogen-bond donors (Lipinski definition) is 1. The average molecular weight is 391 g/mol. The summed E-state index contributed by atoms with van der Waals surface area (Å²) >= 11 is 0. The molecule has 28 heavy (non-hydrogen) atoms. The third kappa shape index (κ3) is 5.75. The van der Waals surface area contributed by atoms with Gasteiger partial charge in [0.1, 0.15) is 5.82 Å². The quantitative estimate of drug-likeness (QED) is 0.837. The van der Waals surface area contributed by atoms with E-state index in [1.54, 1.807) is 12.1 Å². The Balaban J connectivity index is 1.43. The van der Waals surface area contributed by atoms with Gasteiger partial charge in [0.15, 0.2) is 0 Å². The fourth-order valence-corrected chi connectivity index (χ4v) is 3.90. The van der Waals surface area contributed by atoms with Crippen molar-refractivity contribution >= 4 is 17.5 Å². The van der Waals surface area contributed by atoms with Crippen molar-refractivity contribution in [1.29, 1.82) is 0 Å². The molecule has 7 heteroatoms. The van der Waals surface area contributed by atoms with Crippen LogP contribution in [-0.4, -0.2) is 78.4 Å². The van der Waals surface area contributed by atoms with Crippen molar-refractivity contribution in [3.05, 3.63) is 30.1 Å². The molecule has 1 N–H and O–H groups in total. The number of anilines is 1. The first-order valence-electron chi connectivity index (χ1n) is 10.3. The summed E-state index contributed by atoms with van der Waals surface area (Å²) in [7, 11) is 0. The number of amides is 2. The van der Waals surface area contributed by atoms with Crippen molar-refractivity contribution in [2.75, 3.05) is 51.1 Å². The number of hydrogen-bond acceptors (Lipinski definition) is 4. The number of carbonyl (C=O) groups is 2. The van der Waals surface area contributed by atoms with Gasteiger partial charge in [0.25, 0.3) is 0 Å². The van der Waals surface area contributed by atoms with Crippen molar-refractivity contribution in [1.82, 2.24) is 14.7 Å². The third-order valence-electron chi connectivity index (χ3n) is 5.74. The maximum absolute atomic E-state index is 13.3. The Morgan fingerprint density at radius 1 is 1.04 bits per heavy atom. The zero-order chi connectivity index (χ0) is 19.9. The number of benzene rings is 1. The molecule has 2 aliphatic heterocycles. The molecule has 0 bridgehead atoms. The predicted molar refractivity (Wildman–Crippen MR) is 108 cm³/mol. The molecule has 0 saturated carbocycles. The topological polar surface area (TPSA) is 55.9 Å². The zero-order valence-electron chi connectivity index (χ0n) is 16.7. The minimum Gasteiger partial charge on any atom is -0.342 e. The Morgan fingerprint density at radius 2 is 1.71 bits per heavy atom. The van der Waals surface area contributed by atoms with Crippen LogP contribution < -0.4 is 5.32 Å². The van der Waals surface area contributed by atoms with Gasteiger partial charge in [-0.3, -0.25) is 19.4 Å². The normalized spacial score (nSPS) is 20.4. The van der Waals surface area contributed by atoms with Gasteiger partial charge >= 0.3 is 0 Å². The third-order valence-corrected chi connectivity index (χ3v) is 5.74. The van der Waals surface area contributed by atoms with E-state index in [0.29, 0.717) is 12.2 Å². The van der Waals surface area contributed by atoms with Gasteiger partial charge in [0.05, 0.1) is 12.6 Å². The Kier molecular flexibility index (Phi) is 7.39. The lowest BCUT2D eigenvalue weighted by Crippen LogP contribution is -2.54. The Morgan fingerprint density at radius 3 is 2.36 bits per heavy atom. The van der Waals surface area contributed by atoms with Gasteiger partial charge in [-0.05, 0) is 38.0 Å². The van der Waals surface area contributed by atoms with Crippen LogP contribution in [0.1, 0.15) is 32.6 Å². The summed E-state index contributed by atoms with van der Waals surface area (Å²) in [6.07, 6.45) is 4.66. The molecule has 154 valence electrons. The fourth-order valence-electron chi connectivity index (χ4n) is 3.90. The molecule has 0 radical (unpaired) electrons. The van der Waals surface area contributed by atoms with E-state index in [-0.39, 0.29) is 23.7 Å². The first-order chi connectivity index (χ1) is 13.5. The molecule has 0 spiro atoms. The zero-order valence-corrected chi connectivity index (χ0v) is 16.7. The van der Waals surface area contributed by atoms with E-state index < -0.39 is 0 Å². The van der Waals surface area contributed by atoms with E-state index in [1.165, 1.54) is 25.0 Å². The molecule has 0 aromatic heterocycles. The van der Waals surface area contributed by atoms with Crippen LogP contribution in [0.25, 0.3) is 0 Å². The van der Waals surface area contributed by atoms with Gasteiger partial charge in [0, 0.05) is 45.0 Å². The SMILES string of the molecule is C[C@@H](C(=O)Nc1cccc(F)c1)N1CCN(CC(=O)N2CCCCCC2)CC1. The number of halogens is 1. The lowest BCUT2D eigenvalue weighted by Gasteiger charge is -2.37. The molecule has 3 rings (SSSR count). The number of carbonyl (C=O) groups excluding carboxylic acids is 2. The molecule has 1 atom stereocenters. The molecular formula is C21H31FN4O2. The van der Waals surface area contributed by atoms with Crippen LogP contribution in [0.2, 0.25) is 0 Å². The molecule has 1 aromatic carbocycles. The smallest absolute Gasteiger partial charge is 0.241 e. The highest BCUT2D eigenvalue weighted by atomic mass is 19.1. The van der Waals surface area contributed by atoms with Gasteiger partial charge in [-0.2, -0.15) is 0 Å². The molecular weight excluding hydrogens is 359 g/mol. The number of likely N-dealkylation sites (tertiary alicyclic amines) is 1. The number of rotatable bonds is 5. The molecule has 1 aromatic rings. The lowest BCUT2D eigenvalue weighted by atomic mass is 10.2. The molecule has 2 fully saturated rings. The Labute approximate surface area is 166 Å². The van der Waals surface area contributed by atoms with Crippen molar-refractivity contribution in [2.45, 2.75) is 38.6 Å². The minimum absolute atomic E-state index is 0.139. The monoisotopic (exact) mass is 390 g/mol. The largest absolute Gasteiger partial charge is 0.342 e. The first-order valence-corrected chi connectivity index (χ1v) is 10.3. The van der Waals surface area contributed by atoms with Crippen LogP contribution in [0, 0.1) is 5.82 Å². The summed E-state index contributed by atoms with van der Waals surface area (Å²) in [6.45, 7) is 7.14. The highest BCUT2D eigenvalue weighted by Gasteiger charge is 2.27. The summed E-state index contributed by atoms with van der Waals surface area (Å²) < 4.78 is 13.3. The molecule has 2 saturated heterocycles. The van der Waals surface area contributed by atoms with Gasteiger partial charge in [-0.1, -0.05) is 18.9 Å². The van der Waals surface area contributed by atoms with E-state index in [2.05, 4.69) is 15.1 Å². The summed E-state index contributed by atoms with van der Waals surface area (Å²) in [5.41, 5.74) is 0.471. The lowest BCUT2D eigenvalue weighted by molar-refractivity contribution is -0.133. The van der Waals surface area contributed by atoms with E-state index >= 15 is 0 Å². The van der Waals surface area contributed by atoms with Crippen molar-refractivity contribution in [3.63, 3.8) is 0 Å². The van der Waals surface area contributed by atoms with E-state index in [0.717, 1.165) is 52.1 Å². The second-order valence-electron chi connectivity index (χ2n) is 7.78. The molecule has 2 heterocycles. The Bertz CT molecular complexity index is 668. The number of nitrogens with zero attached hydrogens (tertiary/aromatic N) is 3. The highest BCUT2D eigenvalue weighted by Crippen LogP contribution is 2.14. The highest BCUT2D eigenvalue weighted by molar-refractivity contribution is 5.94. The van der Waals surface area contributed by atoms with Gasteiger partial charge in [0.2, 0.25) is 11.8 Å². The maximum atomic E-state index is 13.3. The van der Waals surface area contributed by atoms with E-state index in [1.807, 2.05) is 11.8 Å². The molecule has 0 aliphatic carbocycles. The second-order valence-corrected chi connectivity index (χ2v) is 7.78. The summed E-state index contributed by atoms with van der Waals surface area (Å²) in [5, 5.41) is 2.78. The standard InChI is InChI=1S/C21H31FN4O2/c1-17(21(28)23-19-8-6-7-18(22)15-19)25-13-11-24(12-14-25)16-20(27)26-9-4-2-3-5-10-26/h6-8,15,17H,2-5,9-14,16H2,1H3,(H,23,28)/t17-/m0/s1. The van der Waals surface area contributed by atoms with Crippen molar-refractivity contribution in [2.24, 2.45) is 0 Å². The molecule has 2 aliphatic rings. The predicted octanol–water partition coefficient (Wildman–Crippen LogP) is 2.17. The van der Waals surface area contributed by atoms with Crippen LogP contribution in [0.5, 0.6) is 0 Å². The molecule has 6 nitrogen and oxygen atoms in total. The number of nitrogens with one attached hydrogen (secondary N) is 1. The average Bonchev–Trinajstić information content (AvgIpc) is 2.97. The van der Waals surface area contributed by atoms with Crippen LogP contribution in [0.15, 0.2) is 24.3 Å². The van der Waals surface area contributed by atoms with Crippen LogP contribution >= 0.6 is 0 Å². The summed E-state index contributed by atoms with van der Waals surface area (Å²) in [4.78, 5) is 31.3. The van der Waals surface area contributed by atoms with Gasteiger partial charge in [-0.15, -0.1) is 0 Å². The molecule has 0 unspecified atom stereocenters. The second kappa shape index (κ2) is 9.98. The van der Waals surface area contributed by atoms with Crippen LogP contribution in [0.3, 0.4) is 0 Å². The number of piperazine rings is 1. The van der Waals surface area contributed by atoms with Gasteiger partial charge in [-0.25, -0.2) is 4.39 Å². The summed E-state index contributed by atoms with van der Waals surface area (Å²) in [6, 6.07) is 5.63. The van der Waals surface area contributed by atoms with Crippen molar-refractivity contribution in [3.8, 4) is 0 Å². The van der Waals surface area contributed by atoms with Crippen LogP contribution in [0.4, 0.5) is 10.1 Å². The first kappa shape index (κ1) is 20.7. The van der Waals surface area contributed by atoms with Gasteiger partial charge < -0.3 is 10.2 Å². The van der Waals surface area contributed by atoms with Crippen LogP contribution in [-0.2, 0) is 9.59 Å². The van der Waals surface area contributed by atoms with E-state index in [4.69, 9.17) is 0 Å². The van der Waals surface area contributed by atoms with Crippen molar-refractivity contribution < 1.29 is 14.0 Å². The summed E-state index contributed by atoms with van der Waals surface area (Å²) in [5.74, 6) is -0.278.